The fourth-order valence-corrected chi connectivity index (χ4v) is 4.03. The highest BCUT2D eigenvalue weighted by atomic mass is 79.9. The fourth-order valence-electron chi connectivity index (χ4n) is 3.76. The number of rotatable bonds is 7. The number of benzene rings is 2. The minimum Gasteiger partial charge on any atom is -0.467 e. The lowest BCUT2D eigenvalue weighted by atomic mass is 9.99. The highest BCUT2D eigenvalue weighted by molar-refractivity contribution is 9.10. The zero-order valence-electron chi connectivity index (χ0n) is 17.7. The van der Waals surface area contributed by atoms with Gasteiger partial charge in [0.2, 0.25) is 0 Å². The average Bonchev–Trinajstić information content (AvgIpc) is 3.20. The van der Waals surface area contributed by atoms with E-state index in [-0.39, 0.29) is 13.0 Å². The molecule has 0 aromatic heterocycles. The topological polar surface area (TPSA) is 105 Å². The number of ether oxygens (including phenoxy) is 2. The molecule has 1 aliphatic rings. The van der Waals surface area contributed by atoms with E-state index < -0.39 is 42.1 Å². The Morgan fingerprint density at radius 2 is 1.78 bits per heavy atom. The Labute approximate surface area is 194 Å². The van der Waals surface area contributed by atoms with Gasteiger partial charge >= 0.3 is 11.9 Å². The van der Waals surface area contributed by atoms with Crippen LogP contribution in [0.2, 0.25) is 0 Å². The van der Waals surface area contributed by atoms with Crippen LogP contribution in [0.5, 0.6) is 0 Å². The normalized spacial score (nSPS) is 19.7. The third kappa shape index (κ3) is 5.66. The number of hydrogen-bond donors (Lipinski definition) is 2. The van der Waals surface area contributed by atoms with Gasteiger partial charge in [-0.3, -0.25) is 9.59 Å². The number of carbonyl (C=O) groups excluding carboxylic acids is 3. The molecule has 1 amide bonds. The minimum absolute atomic E-state index is 0.00493. The summed E-state index contributed by atoms with van der Waals surface area (Å²) < 4.78 is 10.9. The van der Waals surface area contributed by atoms with E-state index in [2.05, 4.69) is 21.2 Å². The Kier molecular flexibility index (Phi) is 7.87. The van der Waals surface area contributed by atoms with Crippen molar-refractivity contribution in [3.63, 3.8) is 0 Å². The zero-order chi connectivity index (χ0) is 23.3. The van der Waals surface area contributed by atoms with Crippen LogP contribution in [0.15, 0.2) is 59.1 Å². The van der Waals surface area contributed by atoms with Gasteiger partial charge in [-0.05, 0) is 29.8 Å². The van der Waals surface area contributed by atoms with Crippen molar-refractivity contribution in [2.45, 2.75) is 37.6 Å². The molecule has 1 fully saturated rings. The number of hydrogen-bond acceptors (Lipinski definition) is 7. The molecule has 1 heterocycles. The highest BCUT2D eigenvalue weighted by Crippen LogP contribution is 2.28. The largest absolute Gasteiger partial charge is 0.467 e. The molecule has 0 aliphatic carbocycles. The van der Waals surface area contributed by atoms with Crippen molar-refractivity contribution in [2.24, 2.45) is 0 Å². The van der Waals surface area contributed by atoms with Crippen molar-refractivity contribution in [1.82, 2.24) is 4.90 Å². The Morgan fingerprint density at radius 1 is 1.12 bits per heavy atom. The van der Waals surface area contributed by atoms with E-state index in [0.29, 0.717) is 11.3 Å². The molecular weight excluding hydrogens is 480 g/mol. The molecule has 8 nitrogen and oxygen atoms in total. The standard InChI is InChI=1S/C23H25BrN2O6/c1-14(27)32-18-12-19(23(30)31-2)26(13-18)22(29)21(28)20(15-6-4-3-5-7-15)25-17-10-8-16(24)9-11-17/h3-11,18-21,25,28H,12-13H2,1-2H3/t18-,19+,20+,21+/m0/s1. The highest BCUT2D eigenvalue weighted by Gasteiger charge is 2.45. The van der Waals surface area contributed by atoms with E-state index >= 15 is 0 Å². The number of nitrogens with zero attached hydrogens (tertiary/aromatic N) is 1. The maximum absolute atomic E-state index is 13.3. The van der Waals surface area contributed by atoms with Gasteiger partial charge in [-0.15, -0.1) is 0 Å². The van der Waals surface area contributed by atoms with Gasteiger partial charge in [0, 0.05) is 23.5 Å². The second kappa shape index (κ2) is 10.6. The van der Waals surface area contributed by atoms with E-state index in [1.54, 1.807) is 12.1 Å². The van der Waals surface area contributed by atoms with Crippen LogP contribution >= 0.6 is 15.9 Å². The van der Waals surface area contributed by atoms with Crippen LogP contribution in [0.3, 0.4) is 0 Å². The third-order valence-electron chi connectivity index (χ3n) is 5.25. The van der Waals surface area contributed by atoms with E-state index in [1.807, 2.05) is 42.5 Å². The number of likely N-dealkylation sites (tertiary alicyclic amines) is 1. The van der Waals surface area contributed by atoms with Crippen LogP contribution in [0.1, 0.15) is 24.9 Å². The first kappa shape index (κ1) is 23.7. The predicted molar refractivity (Wildman–Crippen MR) is 121 cm³/mol. The summed E-state index contributed by atoms with van der Waals surface area (Å²) in [5.74, 6) is -1.79. The third-order valence-corrected chi connectivity index (χ3v) is 5.77. The molecule has 0 unspecified atom stereocenters. The van der Waals surface area contributed by atoms with Crippen molar-refractivity contribution in [1.29, 1.82) is 0 Å². The van der Waals surface area contributed by atoms with Crippen molar-refractivity contribution in [2.75, 3.05) is 19.0 Å². The number of carbonyl (C=O) groups is 3. The molecule has 0 saturated carbocycles. The monoisotopic (exact) mass is 504 g/mol. The summed E-state index contributed by atoms with van der Waals surface area (Å²) in [6.07, 6.45) is -2.05. The number of nitrogens with one attached hydrogen (secondary N) is 1. The lowest BCUT2D eigenvalue weighted by Crippen LogP contribution is -2.48. The van der Waals surface area contributed by atoms with Gasteiger partial charge in [0.1, 0.15) is 12.1 Å². The first-order valence-electron chi connectivity index (χ1n) is 10.1. The number of aliphatic hydroxyl groups excluding tert-OH is 1. The summed E-state index contributed by atoms with van der Waals surface area (Å²) >= 11 is 3.39. The van der Waals surface area contributed by atoms with Gasteiger partial charge in [0.05, 0.1) is 19.7 Å². The average molecular weight is 505 g/mol. The molecule has 4 atom stereocenters. The Hall–Kier alpha value is -2.91. The number of halogens is 1. The SMILES string of the molecule is COC(=O)[C@H]1C[C@H](OC(C)=O)CN1C(=O)[C@H](O)[C@H](Nc1ccc(Br)cc1)c1ccccc1. The summed E-state index contributed by atoms with van der Waals surface area (Å²) in [5, 5.41) is 14.3. The summed E-state index contributed by atoms with van der Waals surface area (Å²) in [6.45, 7) is 1.26. The molecule has 1 aliphatic heterocycles. The summed E-state index contributed by atoms with van der Waals surface area (Å²) in [6, 6.07) is 14.7. The summed E-state index contributed by atoms with van der Waals surface area (Å²) in [4.78, 5) is 38.2. The van der Waals surface area contributed by atoms with Crippen LogP contribution in [-0.2, 0) is 23.9 Å². The summed E-state index contributed by atoms with van der Waals surface area (Å²) in [5.41, 5.74) is 1.40. The second-order valence-electron chi connectivity index (χ2n) is 7.48. The first-order valence-corrected chi connectivity index (χ1v) is 10.9. The van der Waals surface area contributed by atoms with Gasteiger partial charge in [0.15, 0.2) is 6.10 Å². The van der Waals surface area contributed by atoms with Gasteiger partial charge in [-0.25, -0.2) is 4.79 Å². The summed E-state index contributed by atoms with van der Waals surface area (Å²) in [7, 11) is 1.22. The molecular formula is C23H25BrN2O6. The van der Waals surface area contributed by atoms with Crippen LogP contribution in [0.4, 0.5) is 5.69 Å². The zero-order valence-corrected chi connectivity index (χ0v) is 19.3. The van der Waals surface area contributed by atoms with Crippen LogP contribution in [0.25, 0.3) is 0 Å². The van der Waals surface area contributed by atoms with Gasteiger partial charge in [-0.1, -0.05) is 46.3 Å². The molecule has 2 N–H and O–H groups in total. The van der Waals surface area contributed by atoms with Gasteiger partial charge in [-0.2, -0.15) is 0 Å². The molecule has 2 aromatic rings. The molecule has 0 radical (unpaired) electrons. The van der Waals surface area contributed by atoms with Crippen molar-refractivity contribution < 1.29 is 29.0 Å². The Morgan fingerprint density at radius 3 is 2.38 bits per heavy atom. The van der Waals surface area contributed by atoms with E-state index in [0.717, 1.165) is 4.47 Å². The maximum atomic E-state index is 13.3. The molecule has 3 rings (SSSR count). The van der Waals surface area contributed by atoms with E-state index in [9.17, 15) is 19.5 Å². The van der Waals surface area contributed by atoms with Gasteiger partial charge < -0.3 is 24.8 Å². The lowest BCUT2D eigenvalue weighted by molar-refractivity contribution is -0.154. The van der Waals surface area contributed by atoms with Crippen LogP contribution < -0.4 is 5.32 Å². The molecule has 170 valence electrons. The van der Waals surface area contributed by atoms with Crippen LogP contribution in [0, 0.1) is 0 Å². The van der Waals surface area contributed by atoms with E-state index in [1.165, 1.54) is 18.9 Å². The molecule has 2 aromatic carbocycles. The smallest absolute Gasteiger partial charge is 0.328 e. The second-order valence-corrected chi connectivity index (χ2v) is 8.40. The van der Waals surface area contributed by atoms with Crippen molar-refractivity contribution in [3.8, 4) is 0 Å². The molecule has 1 saturated heterocycles. The van der Waals surface area contributed by atoms with Gasteiger partial charge in [0.25, 0.3) is 5.91 Å². The van der Waals surface area contributed by atoms with Crippen molar-refractivity contribution >= 4 is 39.5 Å². The molecule has 9 heteroatoms. The Bertz CT molecular complexity index is 953. The predicted octanol–water partition coefficient (Wildman–Crippen LogP) is 2.67. The number of esters is 2. The van der Waals surface area contributed by atoms with Crippen LogP contribution in [-0.4, -0.2) is 59.8 Å². The molecule has 32 heavy (non-hydrogen) atoms. The number of methoxy groups -OCH3 is 1. The number of amides is 1. The van der Waals surface area contributed by atoms with E-state index in [4.69, 9.17) is 9.47 Å². The molecule has 0 spiro atoms. The first-order chi connectivity index (χ1) is 15.3. The minimum atomic E-state index is -1.51. The maximum Gasteiger partial charge on any atom is 0.328 e. The number of aliphatic hydroxyl groups is 1. The number of anilines is 1. The lowest BCUT2D eigenvalue weighted by Gasteiger charge is -2.30. The molecule has 0 bridgehead atoms. The Balaban J connectivity index is 1.87. The quantitative estimate of drug-likeness (QED) is 0.558. The van der Waals surface area contributed by atoms with Crippen molar-refractivity contribution in [3.05, 3.63) is 64.6 Å². The fraction of sp³-hybridized carbons (Fsp3) is 0.348.